The summed E-state index contributed by atoms with van der Waals surface area (Å²) in [7, 11) is 0. The van der Waals surface area contributed by atoms with E-state index in [1.165, 1.54) is 0 Å². The molecule has 0 heterocycles. The summed E-state index contributed by atoms with van der Waals surface area (Å²) in [5.74, 6) is -0.414. The molecule has 2 fully saturated rings. The van der Waals surface area contributed by atoms with Gasteiger partial charge in [-0.25, -0.2) is 0 Å². The molecule has 2 aliphatic rings. The van der Waals surface area contributed by atoms with Crippen LogP contribution in [0.15, 0.2) is 0 Å². The molecule has 0 aliphatic heterocycles. The second kappa shape index (κ2) is 4.32. The largest absolute Gasteiger partial charge is 0.273 e. The Labute approximate surface area is 110 Å². The molecule has 96 valence electrons. The number of carbonyl (C=O) groups excluding carboxylic acids is 2. The first-order chi connectivity index (χ1) is 7.87. The quantitative estimate of drug-likeness (QED) is 0.599. The van der Waals surface area contributed by atoms with Crippen molar-refractivity contribution >= 4 is 35.0 Å². The molecule has 0 bridgehead atoms. The van der Waals surface area contributed by atoms with Crippen molar-refractivity contribution in [3.63, 3.8) is 0 Å². The molecule has 2 saturated carbocycles. The summed E-state index contributed by atoms with van der Waals surface area (Å²) < 4.78 is -1.00. The van der Waals surface area contributed by atoms with Crippen LogP contribution >= 0.6 is 23.2 Å². The zero-order valence-electron chi connectivity index (χ0n) is 9.69. The van der Waals surface area contributed by atoms with E-state index in [2.05, 4.69) is 10.9 Å². The normalized spacial score (nSPS) is 31.0. The summed E-state index contributed by atoms with van der Waals surface area (Å²) in [6.07, 6.45) is 4.36. The molecular formula is C11H16Cl2N2O2. The van der Waals surface area contributed by atoms with Gasteiger partial charge in [-0.15, -0.1) is 23.2 Å². The third kappa shape index (κ3) is 2.38. The van der Waals surface area contributed by atoms with Crippen LogP contribution in [0.2, 0.25) is 0 Å². The maximum Gasteiger partial charge on any atom is 0.247 e. The minimum atomic E-state index is -1.00. The predicted molar refractivity (Wildman–Crippen MR) is 65.4 cm³/mol. The number of alkyl halides is 2. The van der Waals surface area contributed by atoms with Crippen molar-refractivity contribution in [2.75, 3.05) is 0 Å². The van der Waals surface area contributed by atoms with Crippen LogP contribution in [-0.2, 0) is 9.59 Å². The van der Waals surface area contributed by atoms with Crippen molar-refractivity contribution in [3.05, 3.63) is 0 Å². The molecule has 0 aromatic heterocycles. The summed E-state index contributed by atoms with van der Waals surface area (Å²) in [6.45, 7) is 1.68. The molecule has 2 amide bonds. The molecule has 0 unspecified atom stereocenters. The van der Waals surface area contributed by atoms with Gasteiger partial charge >= 0.3 is 0 Å². The smallest absolute Gasteiger partial charge is 0.247 e. The van der Waals surface area contributed by atoms with Gasteiger partial charge in [-0.1, -0.05) is 12.8 Å². The van der Waals surface area contributed by atoms with E-state index in [0.29, 0.717) is 6.42 Å². The topological polar surface area (TPSA) is 58.2 Å². The Balaban J connectivity index is 1.79. The minimum Gasteiger partial charge on any atom is -0.273 e. The third-order valence-corrected chi connectivity index (χ3v) is 4.89. The van der Waals surface area contributed by atoms with E-state index in [-0.39, 0.29) is 17.7 Å². The van der Waals surface area contributed by atoms with Crippen LogP contribution < -0.4 is 10.9 Å². The standard InChI is InChI=1S/C11H16Cl2N2O2/c1-10(6-11(10,12)13)9(17)15-14-8(16)7-4-2-3-5-7/h7H,2-6H2,1H3,(H,14,16)(H,15,17)/t10-/m0/s1. The van der Waals surface area contributed by atoms with E-state index in [1.54, 1.807) is 6.92 Å². The first-order valence-electron chi connectivity index (χ1n) is 5.85. The second-order valence-electron chi connectivity index (χ2n) is 5.14. The van der Waals surface area contributed by atoms with E-state index in [9.17, 15) is 9.59 Å². The lowest BCUT2D eigenvalue weighted by atomic mass is 10.1. The number of amides is 2. The number of halogens is 2. The monoisotopic (exact) mass is 278 g/mol. The highest BCUT2D eigenvalue weighted by Crippen LogP contribution is 2.63. The summed E-state index contributed by atoms with van der Waals surface area (Å²) >= 11 is 11.8. The Morgan fingerprint density at radius 3 is 2.18 bits per heavy atom. The molecule has 17 heavy (non-hydrogen) atoms. The lowest BCUT2D eigenvalue weighted by Crippen LogP contribution is -2.47. The van der Waals surface area contributed by atoms with Gasteiger partial charge in [0.1, 0.15) is 4.33 Å². The van der Waals surface area contributed by atoms with Crippen molar-refractivity contribution in [1.82, 2.24) is 10.9 Å². The van der Waals surface area contributed by atoms with Gasteiger partial charge in [0.25, 0.3) is 0 Å². The van der Waals surface area contributed by atoms with Crippen molar-refractivity contribution in [3.8, 4) is 0 Å². The van der Waals surface area contributed by atoms with Crippen LogP contribution in [-0.4, -0.2) is 16.1 Å². The molecule has 0 saturated heterocycles. The average molecular weight is 279 g/mol. The summed E-state index contributed by atoms with van der Waals surface area (Å²) in [5.41, 5.74) is 4.07. The highest BCUT2D eigenvalue weighted by atomic mass is 35.5. The Hall–Kier alpha value is -0.480. The van der Waals surface area contributed by atoms with Crippen LogP contribution in [0.3, 0.4) is 0 Å². The number of carbonyl (C=O) groups is 2. The van der Waals surface area contributed by atoms with Crippen molar-refractivity contribution in [2.24, 2.45) is 11.3 Å². The molecule has 1 atom stereocenters. The van der Waals surface area contributed by atoms with Crippen molar-refractivity contribution < 1.29 is 9.59 Å². The lowest BCUT2D eigenvalue weighted by molar-refractivity contribution is -0.133. The van der Waals surface area contributed by atoms with E-state index < -0.39 is 9.75 Å². The number of nitrogens with one attached hydrogen (secondary N) is 2. The first kappa shape index (κ1) is 13.0. The van der Waals surface area contributed by atoms with Crippen molar-refractivity contribution in [2.45, 2.75) is 43.4 Å². The molecule has 2 aliphatic carbocycles. The number of hydrogen-bond acceptors (Lipinski definition) is 2. The minimum absolute atomic E-state index is 0.0269. The van der Waals surface area contributed by atoms with Crippen LogP contribution in [0.25, 0.3) is 0 Å². The van der Waals surface area contributed by atoms with Gasteiger partial charge in [0, 0.05) is 5.92 Å². The average Bonchev–Trinajstić information content (AvgIpc) is 2.73. The Bertz CT molecular complexity index is 353. The number of rotatable bonds is 2. The van der Waals surface area contributed by atoms with Gasteiger partial charge < -0.3 is 0 Å². The lowest BCUT2D eigenvalue weighted by Gasteiger charge is -2.15. The first-order valence-corrected chi connectivity index (χ1v) is 6.60. The zero-order chi connectivity index (χ0) is 12.7. The summed E-state index contributed by atoms with van der Waals surface area (Å²) in [4.78, 5) is 23.4. The molecular weight excluding hydrogens is 263 g/mol. The molecule has 0 aromatic rings. The Morgan fingerprint density at radius 2 is 1.71 bits per heavy atom. The fraction of sp³-hybridized carbons (Fsp3) is 0.818. The van der Waals surface area contributed by atoms with Crippen molar-refractivity contribution in [1.29, 1.82) is 0 Å². The molecule has 2 rings (SSSR count). The Morgan fingerprint density at radius 1 is 1.18 bits per heavy atom. The SMILES string of the molecule is C[C@@]1(C(=O)NNC(=O)C2CCCC2)CC1(Cl)Cl. The van der Waals surface area contributed by atoms with Gasteiger partial charge in [0.15, 0.2) is 0 Å². The van der Waals surface area contributed by atoms with Crippen LogP contribution in [0.4, 0.5) is 0 Å². The molecule has 0 radical (unpaired) electrons. The fourth-order valence-corrected chi connectivity index (χ4v) is 2.90. The highest BCUT2D eigenvalue weighted by molar-refractivity contribution is 6.53. The maximum absolute atomic E-state index is 11.8. The van der Waals surface area contributed by atoms with Gasteiger partial charge in [-0.2, -0.15) is 0 Å². The molecule has 0 aromatic carbocycles. The molecule has 4 nitrogen and oxygen atoms in total. The highest BCUT2D eigenvalue weighted by Gasteiger charge is 2.68. The fourth-order valence-electron chi connectivity index (χ4n) is 2.19. The van der Waals surface area contributed by atoms with Gasteiger partial charge in [0.2, 0.25) is 11.8 Å². The second-order valence-corrected chi connectivity index (χ2v) is 6.62. The van der Waals surface area contributed by atoms with Gasteiger partial charge in [-0.3, -0.25) is 20.4 Å². The van der Waals surface area contributed by atoms with Gasteiger partial charge in [0.05, 0.1) is 5.41 Å². The maximum atomic E-state index is 11.8. The van der Waals surface area contributed by atoms with Gasteiger partial charge in [-0.05, 0) is 26.2 Å². The molecule has 0 spiro atoms. The van der Waals surface area contributed by atoms with E-state index in [1.807, 2.05) is 0 Å². The Kier molecular flexibility index (Phi) is 3.29. The third-order valence-electron chi connectivity index (χ3n) is 3.78. The van der Waals surface area contributed by atoms with Crippen LogP contribution in [0.5, 0.6) is 0 Å². The van der Waals surface area contributed by atoms with E-state index in [0.717, 1.165) is 25.7 Å². The van der Waals surface area contributed by atoms with Crippen LogP contribution in [0.1, 0.15) is 39.0 Å². The molecule has 2 N–H and O–H groups in total. The van der Waals surface area contributed by atoms with E-state index in [4.69, 9.17) is 23.2 Å². The summed E-state index contributed by atoms with van der Waals surface area (Å²) in [6, 6.07) is 0. The summed E-state index contributed by atoms with van der Waals surface area (Å²) in [5, 5.41) is 0. The molecule has 6 heteroatoms. The van der Waals surface area contributed by atoms with Crippen LogP contribution in [0, 0.1) is 11.3 Å². The predicted octanol–water partition coefficient (Wildman–Crippen LogP) is 1.91. The number of hydrogen-bond donors (Lipinski definition) is 2. The number of hydrazine groups is 1. The zero-order valence-corrected chi connectivity index (χ0v) is 11.2. The van der Waals surface area contributed by atoms with E-state index >= 15 is 0 Å².